The quantitative estimate of drug-likeness (QED) is 0.846. The van der Waals surface area contributed by atoms with Gasteiger partial charge in [-0.3, -0.25) is 0 Å². The molecule has 0 radical (unpaired) electrons. The molecule has 0 bridgehead atoms. The second-order valence-corrected chi connectivity index (χ2v) is 6.73. The van der Waals surface area contributed by atoms with Gasteiger partial charge in [0.15, 0.2) is 0 Å². The monoisotopic (exact) mass is 294 g/mol. The Labute approximate surface area is 126 Å². The van der Waals surface area contributed by atoms with Crippen LogP contribution >= 0.6 is 0 Å². The fourth-order valence-corrected chi connectivity index (χ4v) is 2.22. The van der Waals surface area contributed by atoms with E-state index in [1.807, 2.05) is 39.8 Å². The van der Waals surface area contributed by atoms with Crippen LogP contribution in [0.2, 0.25) is 0 Å². The highest BCUT2D eigenvalue weighted by molar-refractivity contribution is 5.68. The fraction of sp³-hybridized carbons (Fsp3) is 0.688. The normalized spacial score (nSPS) is 16.6. The lowest BCUT2D eigenvalue weighted by molar-refractivity contribution is 0.0497. The van der Waals surface area contributed by atoms with E-state index in [4.69, 9.17) is 9.15 Å². The van der Waals surface area contributed by atoms with E-state index in [1.165, 1.54) is 12.8 Å². The highest BCUT2D eigenvalue weighted by Crippen LogP contribution is 2.32. The molecule has 1 fully saturated rings. The van der Waals surface area contributed by atoms with E-state index in [9.17, 15) is 4.79 Å². The molecule has 1 aromatic rings. The Morgan fingerprint density at radius 3 is 2.67 bits per heavy atom. The first-order chi connectivity index (χ1) is 9.83. The largest absolute Gasteiger partial charge is 0.465 e. The first-order valence-electron chi connectivity index (χ1n) is 7.59. The SMILES string of the molecule is Cc1ccc(CNCC(NC(=O)OC(C)(C)C)C2CC2)o1. The zero-order chi connectivity index (χ0) is 15.5. The second kappa shape index (κ2) is 6.52. The van der Waals surface area contributed by atoms with Crippen molar-refractivity contribution in [2.24, 2.45) is 5.92 Å². The van der Waals surface area contributed by atoms with Gasteiger partial charge in [-0.1, -0.05) is 0 Å². The first kappa shape index (κ1) is 15.9. The van der Waals surface area contributed by atoms with Crippen LogP contribution < -0.4 is 10.6 Å². The summed E-state index contributed by atoms with van der Waals surface area (Å²) in [5.74, 6) is 2.39. The average molecular weight is 294 g/mol. The highest BCUT2D eigenvalue weighted by atomic mass is 16.6. The lowest BCUT2D eigenvalue weighted by Gasteiger charge is -2.23. The molecule has 2 N–H and O–H groups in total. The van der Waals surface area contributed by atoms with Crippen LogP contribution in [-0.4, -0.2) is 24.3 Å². The van der Waals surface area contributed by atoms with Crippen LogP contribution in [0.5, 0.6) is 0 Å². The third kappa shape index (κ3) is 5.79. The molecule has 0 saturated heterocycles. The zero-order valence-electron chi connectivity index (χ0n) is 13.4. The average Bonchev–Trinajstić information content (AvgIpc) is 3.10. The van der Waals surface area contributed by atoms with Crippen LogP contribution in [0.15, 0.2) is 16.5 Å². The van der Waals surface area contributed by atoms with Gasteiger partial charge in [-0.15, -0.1) is 0 Å². The molecule has 1 aromatic heterocycles. The van der Waals surface area contributed by atoms with Crippen molar-refractivity contribution < 1.29 is 13.9 Å². The summed E-state index contributed by atoms with van der Waals surface area (Å²) in [6, 6.07) is 4.04. The molecule has 1 aliphatic rings. The maximum Gasteiger partial charge on any atom is 0.407 e. The Hall–Kier alpha value is -1.49. The fourth-order valence-electron chi connectivity index (χ4n) is 2.22. The number of rotatable bonds is 6. The number of ether oxygens (including phenoxy) is 1. The number of amides is 1. The number of carbonyl (C=O) groups is 1. The molecule has 1 aliphatic carbocycles. The van der Waals surface area contributed by atoms with Crippen LogP contribution in [0.1, 0.15) is 45.1 Å². The Morgan fingerprint density at radius 1 is 1.43 bits per heavy atom. The number of alkyl carbamates (subject to hydrolysis) is 1. The molecule has 5 heteroatoms. The summed E-state index contributed by atoms with van der Waals surface area (Å²) < 4.78 is 10.8. The van der Waals surface area contributed by atoms with E-state index in [1.54, 1.807) is 0 Å². The van der Waals surface area contributed by atoms with E-state index in [0.29, 0.717) is 12.5 Å². The Kier molecular flexibility index (Phi) is 4.93. The van der Waals surface area contributed by atoms with Gasteiger partial charge in [0.2, 0.25) is 0 Å². The maximum atomic E-state index is 11.9. The summed E-state index contributed by atoms with van der Waals surface area (Å²) in [6.07, 6.45) is 2.00. The molecule has 21 heavy (non-hydrogen) atoms. The maximum absolute atomic E-state index is 11.9. The molecule has 2 rings (SSSR count). The number of furan rings is 1. The predicted octanol–water partition coefficient (Wildman–Crippen LogP) is 2.98. The predicted molar refractivity (Wildman–Crippen MR) is 81.0 cm³/mol. The van der Waals surface area contributed by atoms with Crippen molar-refractivity contribution in [2.45, 2.75) is 58.7 Å². The van der Waals surface area contributed by atoms with Crippen LogP contribution in [0.4, 0.5) is 4.79 Å². The molecule has 118 valence electrons. The van der Waals surface area contributed by atoms with Crippen molar-refractivity contribution in [2.75, 3.05) is 6.54 Å². The Bertz CT molecular complexity index is 472. The first-order valence-corrected chi connectivity index (χ1v) is 7.59. The number of aryl methyl sites for hydroxylation is 1. The molecule has 1 heterocycles. The minimum absolute atomic E-state index is 0.121. The molecular formula is C16H26N2O3. The molecule has 0 aromatic carbocycles. The minimum atomic E-state index is -0.461. The molecule has 1 saturated carbocycles. The van der Waals surface area contributed by atoms with E-state index in [0.717, 1.165) is 18.1 Å². The van der Waals surface area contributed by atoms with Crippen LogP contribution in [0.3, 0.4) is 0 Å². The molecule has 5 nitrogen and oxygen atoms in total. The molecule has 1 amide bonds. The van der Waals surface area contributed by atoms with E-state index < -0.39 is 5.60 Å². The summed E-state index contributed by atoms with van der Waals surface area (Å²) in [7, 11) is 0. The summed E-state index contributed by atoms with van der Waals surface area (Å²) in [4.78, 5) is 11.9. The van der Waals surface area contributed by atoms with Gasteiger partial charge in [0.05, 0.1) is 6.54 Å². The van der Waals surface area contributed by atoms with Gasteiger partial charge in [-0.2, -0.15) is 0 Å². The smallest absolute Gasteiger partial charge is 0.407 e. The molecule has 1 atom stereocenters. The topological polar surface area (TPSA) is 63.5 Å². The summed E-state index contributed by atoms with van der Waals surface area (Å²) in [5.41, 5.74) is -0.461. The van der Waals surface area contributed by atoms with Crippen LogP contribution in [-0.2, 0) is 11.3 Å². The van der Waals surface area contributed by atoms with Crippen molar-refractivity contribution in [3.63, 3.8) is 0 Å². The number of nitrogens with one attached hydrogen (secondary N) is 2. The van der Waals surface area contributed by atoms with Gasteiger partial charge in [-0.05, 0) is 58.6 Å². The summed E-state index contributed by atoms with van der Waals surface area (Å²) in [5, 5.41) is 6.31. The lowest BCUT2D eigenvalue weighted by atomic mass is 10.2. The lowest BCUT2D eigenvalue weighted by Crippen LogP contribution is -2.45. The number of hydrogen-bond donors (Lipinski definition) is 2. The minimum Gasteiger partial charge on any atom is -0.465 e. The highest BCUT2D eigenvalue weighted by Gasteiger charge is 2.33. The van der Waals surface area contributed by atoms with E-state index in [-0.39, 0.29) is 12.1 Å². The van der Waals surface area contributed by atoms with E-state index >= 15 is 0 Å². The van der Waals surface area contributed by atoms with Crippen molar-refractivity contribution in [1.82, 2.24) is 10.6 Å². The van der Waals surface area contributed by atoms with Gasteiger partial charge in [0, 0.05) is 12.6 Å². The van der Waals surface area contributed by atoms with Crippen molar-refractivity contribution in [1.29, 1.82) is 0 Å². The Morgan fingerprint density at radius 2 is 2.14 bits per heavy atom. The van der Waals surface area contributed by atoms with Gasteiger partial charge in [0.1, 0.15) is 17.1 Å². The third-order valence-corrected chi connectivity index (χ3v) is 3.35. The summed E-state index contributed by atoms with van der Waals surface area (Å²) >= 11 is 0. The Balaban J connectivity index is 1.76. The number of carbonyl (C=O) groups excluding carboxylic acids is 1. The van der Waals surface area contributed by atoms with Gasteiger partial charge < -0.3 is 19.8 Å². The second-order valence-electron chi connectivity index (χ2n) is 6.73. The van der Waals surface area contributed by atoms with E-state index in [2.05, 4.69) is 10.6 Å². The standard InChI is InChI=1S/C16H26N2O3/c1-11-5-8-13(20-11)9-17-10-14(12-6-7-12)18-15(19)21-16(2,3)4/h5,8,12,14,17H,6-7,9-10H2,1-4H3,(H,18,19). The van der Waals surface area contributed by atoms with Crippen molar-refractivity contribution in [3.05, 3.63) is 23.7 Å². The van der Waals surface area contributed by atoms with Crippen molar-refractivity contribution in [3.8, 4) is 0 Å². The zero-order valence-corrected chi connectivity index (χ0v) is 13.4. The van der Waals surface area contributed by atoms with Gasteiger partial charge in [-0.25, -0.2) is 4.79 Å². The molecule has 1 unspecified atom stereocenters. The van der Waals surface area contributed by atoms with Crippen LogP contribution in [0, 0.1) is 12.8 Å². The van der Waals surface area contributed by atoms with Gasteiger partial charge in [0.25, 0.3) is 0 Å². The van der Waals surface area contributed by atoms with Crippen LogP contribution in [0.25, 0.3) is 0 Å². The third-order valence-electron chi connectivity index (χ3n) is 3.35. The summed E-state index contributed by atoms with van der Waals surface area (Å²) in [6.45, 7) is 8.94. The van der Waals surface area contributed by atoms with Crippen molar-refractivity contribution >= 4 is 6.09 Å². The number of hydrogen-bond acceptors (Lipinski definition) is 4. The molecular weight excluding hydrogens is 268 g/mol. The molecule has 0 aliphatic heterocycles. The van der Waals surface area contributed by atoms with Gasteiger partial charge >= 0.3 is 6.09 Å². The molecule has 0 spiro atoms.